The van der Waals surface area contributed by atoms with Crippen molar-refractivity contribution in [3.8, 4) is 17.0 Å². The molecular formula is C20H28N4O2. The molecule has 2 atom stereocenters. The molecule has 140 valence electrons. The Hall–Kier alpha value is -2.34. The highest BCUT2D eigenvalue weighted by Crippen LogP contribution is 2.27. The molecule has 2 aromatic rings. The number of nitrogens with zero attached hydrogens (tertiary/aromatic N) is 3. The van der Waals surface area contributed by atoms with Crippen molar-refractivity contribution in [2.45, 2.75) is 25.8 Å². The van der Waals surface area contributed by atoms with E-state index in [4.69, 9.17) is 4.74 Å². The molecule has 1 fully saturated rings. The van der Waals surface area contributed by atoms with Gasteiger partial charge in [-0.1, -0.05) is 13.3 Å². The fourth-order valence-electron chi connectivity index (χ4n) is 3.77. The average Bonchev–Trinajstić information content (AvgIpc) is 3.29. The molecule has 1 N–H and O–H groups in total. The maximum atomic E-state index is 12.9. The molecule has 26 heavy (non-hydrogen) atoms. The Bertz CT molecular complexity index is 739. The standard InChI is InChI=1S/C20H28N4O2/c1-5-6-15-12-24(13-19(15)23(2)3)20(25)18-11-17(21-22-18)14-7-9-16(26-4)10-8-14/h7-11,15,19H,5-6,12-13H2,1-4H3,(H,21,22). The summed E-state index contributed by atoms with van der Waals surface area (Å²) >= 11 is 0. The lowest BCUT2D eigenvalue weighted by Crippen LogP contribution is -2.36. The highest BCUT2D eigenvalue weighted by atomic mass is 16.5. The summed E-state index contributed by atoms with van der Waals surface area (Å²) in [6, 6.07) is 9.92. The highest BCUT2D eigenvalue weighted by Gasteiger charge is 2.36. The number of nitrogens with one attached hydrogen (secondary N) is 1. The molecule has 0 saturated carbocycles. The molecule has 1 aromatic carbocycles. The number of carbonyl (C=O) groups is 1. The first-order valence-electron chi connectivity index (χ1n) is 9.19. The number of hydrogen-bond acceptors (Lipinski definition) is 4. The lowest BCUT2D eigenvalue weighted by Gasteiger charge is -2.24. The number of H-pyrrole nitrogens is 1. The molecule has 1 aliphatic heterocycles. The Labute approximate surface area is 155 Å². The summed E-state index contributed by atoms with van der Waals surface area (Å²) in [4.78, 5) is 17.1. The summed E-state index contributed by atoms with van der Waals surface area (Å²) in [6.07, 6.45) is 2.29. The molecule has 0 radical (unpaired) electrons. The number of ether oxygens (including phenoxy) is 1. The number of benzene rings is 1. The fourth-order valence-corrected chi connectivity index (χ4v) is 3.77. The van der Waals surface area contributed by atoms with E-state index in [1.54, 1.807) is 7.11 Å². The minimum absolute atomic E-state index is 0.0303. The summed E-state index contributed by atoms with van der Waals surface area (Å²) in [6.45, 7) is 3.78. The molecule has 6 heteroatoms. The summed E-state index contributed by atoms with van der Waals surface area (Å²) < 4.78 is 5.18. The molecule has 1 aromatic heterocycles. The van der Waals surface area contributed by atoms with Crippen molar-refractivity contribution in [3.05, 3.63) is 36.0 Å². The number of aromatic amines is 1. The fraction of sp³-hybridized carbons (Fsp3) is 0.500. The van der Waals surface area contributed by atoms with E-state index in [1.807, 2.05) is 35.2 Å². The lowest BCUT2D eigenvalue weighted by molar-refractivity contribution is 0.0775. The summed E-state index contributed by atoms with van der Waals surface area (Å²) in [5.74, 6) is 1.36. The zero-order valence-electron chi connectivity index (χ0n) is 16.0. The van der Waals surface area contributed by atoms with Crippen LogP contribution in [-0.4, -0.2) is 66.2 Å². The van der Waals surface area contributed by atoms with Crippen LogP contribution in [0.25, 0.3) is 11.3 Å². The van der Waals surface area contributed by atoms with Crippen LogP contribution >= 0.6 is 0 Å². The van der Waals surface area contributed by atoms with E-state index in [2.05, 4.69) is 36.1 Å². The predicted molar refractivity (Wildman–Crippen MR) is 102 cm³/mol. The van der Waals surface area contributed by atoms with Crippen LogP contribution in [0.3, 0.4) is 0 Å². The second-order valence-electron chi connectivity index (χ2n) is 7.19. The lowest BCUT2D eigenvalue weighted by atomic mass is 9.98. The van der Waals surface area contributed by atoms with E-state index in [9.17, 15) is 4.79 Å². The summed E-state index contributed by atoms with van der Waals surface area (Å²) in [5, 5.41) is 7.23. The number of methoxy groups -OCH3 is 1. The number of rotatable bonds is 6. The van der Waals surface area contributed by atoms with Gasteiger partial charge in [0.1, 0.15) is 11.4 Å². The van der Waals surface area contributed by atoms with E-state index in [0.29, 0.717) is 17.7 Å². The van der Waals surface area contributed by atoms with Crippen molar-refractivity contribution >= 4 is 5.91 Å². The SMILES string of the molecule is CCCC1CN(C(=O)c2cc(-c3ccc(OC)cc3)n[nH]2)CC1N(C)C. The Morgan fingerprint density at radius 2 is 2.04 bits per heavy atom. The van der Waals surface area contributed by atoms with E-state index in [0.717, 1.165) is 42.9 Å². The Kier molecular flexibility index (Phi) is 5.61. The van der Waals surface area contributed by atoms with Gasteiger partial charge in [0.15, 0.2) is 0 Å². The van der Waals surface area contributed by atoms with E-state index < -0.39 is 0 Å². The van der Waals surface area contributed by atoms with Crippen LogP contribution in [0.1, 0.15) is 30.3 Å². The first-order chi connectivity index (χ1) is 12.5. The van der Waals surface area contributed by atoms with Crippen molar-refractivity contribution in [2.24, 2.45) is 5.92 Å². The molecule has 1 aliphatic rings. The number of carbonyl (C=O) groups excluding carboxylic acids is 1. The largest absolute Gasteiger partial charge is 0.497 e. The Balaban J connectivity index is 1.73. The molecule has 2 unspecified atom stereocenters. The van der Waals surface area contributed by atoms with Gasteiger partial charge in [-0.05, 0) is 56.8 Å². The number of hydrogen-bond donors (Lipinski definition) is 1. The monoisotopic (exact) mass is 356 g/mol. The van der Waals surface area contributed by atoms with Crippen LogP contribution < -0.4 is 4.74 Å². The smallest absolute Gasteiger partial charge is 0.271 e. The maximum Gasteiger partial charge on any atom is 0.271 e. The first-order valence-corrected chi connectivity index (χ1v) is 9.19. The zero-order chi connectivity index (χ0) is 18.7. The third-order valence-electron chi connectivity index (χ3n) is 5.21. The van der Waals surface area contributed by atoms with Crippen molar-refractivity contribution < 1.29 is 9.53 Å². The van der Waals surface area contributed by atoms with Gasteiger partial charge in [-0.25, -0.2) is 0 Å². The second kappa shape index (κ2) is 7.91. The number of aromatic nitrogens is 2. The highest BCUT2D eigenvalue weighted by molar-refractivity contribution is 5.93. The van der Waals surface area contributed by atoms with Crippen LogP contribution in [-0.2, 0) is 0 Å². The van der Waals surface area contributed by atoms with E-state index in [1.165, 1.54) is 0 Å². The van der Waals surface area contributed by atoms with E-state index >= 15 is 0 Å². The molecule has 0 aliphatic carbocycles. The van der Waals surface area contributed by atoms with E-state index in [-0.39, 0.29) is 5.91 Å². The molecule has 6 nitrogen and oxygen atoms in total. The van der Waals surface area contributed by atoms with Gasteiger partial charge in [0.05, 0.1) is 12.8 Å². The topological polar surface area (TPSA) is 61.5 Å². The summed E-state index contributed by atoms with van der Waals surface area (Å²) in [5.41, 5.74) is 2.27. The Morgan fingerprint density at radius 1 is 1.31 bits per heavy atom. The van der Waals surface area contributed by atoms with Crippen LogP contribution in [0.4, 0.5) is 0 Å². The van der Waals surface area contributed by atoms with Gasteiger partial charge < -0.3 is 14.5 Å². The van der Waals surface area contributed by atoms with Gasteiger partial charge in [0, 0.05) is 24.7 Å². The number of likely N-dealkylation sites (N-methyl/N-ethyl adjacent to an activating group) is 1. The predicted octanol–water partition coefficient (Wildman–Crippen LogP) is 2.89. The van der Waals surface area contributed by atoms with Gasteiger partial charge in [-0.15, -0.1) is 0 Å². The molecule has 1 amide bonds. The molecule has 2 heterocycles. The van der Waals surface area contributed by atoms with Crippen LogP contribution in [0, 0.1) is 5.92 Å². The molecule has 3 rings (SSSR count). The molecular weight excluding hydrogens is 328 g/mol. The third-order valence-corrected chi connectivity index (χ3v) is 5.21. The van der Waals surface area contributed by atoms with Gasteiger partial charge in [-0.3, -0.25) is 9.89 Å². The van der Waals surface area contributed by atoms with Crippen molar-refractivity contribution in [2.75, 3.05) is 34.3 Å². The van der Waals surface area contributed by atoms with Crippen molar-refractivity contribution in [1.82, 2.24) is 20.0 Å². The van der Waals surface area contributed by atoms with Gasteiger partial charge in [0.2, 0.25) is 0 Å². The molecule has 0 spiro atoms. The van der Waals surface area contributed by atoms with Crippen molar-refractivity contribution in [1.29, 1.82) is 0 Å². The van der Waals surface area contributed by atoms with Gasteiger partial charge in [0.25, 0.3) is 5.91 Å². The minimum atomic E-state index is 0.0303. The van der Waals surface area contributed by atoms with Crippen LogP contribution in [0.5, 0.6) is 5.75 Å². The van der Waals surface area contributed by atoms with Crippen molar-refractivity contribution in [3.63, 3.8) is 0 Å². The van der Waals surface area contributed by atoms with Gasteiger partial charge >= 0.3 is 0 Å². The Morgan fingerprint density at radius 3 is 2.65 bits per heavy atom. The summed E-state index contributed by atoms with van der Waals surface area (Å²) in [7, 11) is 5.84. The number of amides is 1. The quantitative estimate of drug-likeness (QED) is 0.864. The number of likely N-dealkylation sites (tertiary alicyclic amines) is 1. The second-order valence-corrected chi connectivity index (χ2v) is 7.19. The zero-order valence-corrected chi connectivity index (χ0v) is 16.0. The van der Waals surface area contributed by atoms with Gasteiger partial charge in [-0.2, -0.15) is 5.10 Å². The normalized spacial score (nSPS) is 20.0. The molecule has 1 saturated heterocycles. The minimum Gasteiger partial charge on any atom is -0.497 e. The van der Waals surface area contributed by atoms with Crippen LogP contribution in [0.2, 0.25) is 0 Å². The first kappa shape index (κ1) is 18.5. The maximum absolute atomic E-state index is 12.9. The van der Waals surface area contributed by atoms with Crippen LogP contribution in [0.15, 0.2) is 30.3 Å². The average molecular weight is 356 g/mol. The third kappa shape index (κ3) is 3.75. The molecule has 0 bridgehead atoms.